The third-order valence-corrected chi connectivity index (χ3v) is 6.71. The molecular formula is C28H28N6O2. The van der Waals surface area contributed by atoms with Crippen molar-refractivity contribution in [3.63, 3.8) is 0 Å². The number of benzene rings is 1. The SMILES string of the molecule is N#Cc1ccc(CNC(=O)C2=NCCc3ccc(-c4cncc(CN5CCC(O)CC5)c4)cc32)cn1. The summed E-state index contributed by atoms with van der Waals surface area (Å²) in [5, 5.41) is 21.6. The van der Waals surface area contributed by atoms with Crippen LogP contribution in [0.1, 0.15) is 40.8 Å². The number of likely N-dealkylation sites (tertiary alicyclic amines) is 1. The fourth-order valence-electron chi connectivity index (χ4n) is 4.69. The molecule has 4 heterocycles. The molecule has 8 heteroatoms. The van der Waals surface area contributed by atoms with Gasteiger partial charge in [-0.1, -0.05) is 18.2 Å². The molecular weight excluding hydrogens is 452 g/mol. The van der Waals surface area contributed by atoms with Crippen molar-refractivity contribution in [3.8, 4) is 17.2 Å². The number of nitrogens with zero attached hydrogens (tertiary/aromatic N) is 5. The van der Waals surface area contributed by atoms with Crippen molar-refractivity contribution < 1.29 is 9.90 Å². The number of aliphatic hydroxyl groups is 1. The smallest absolute Gasteiger partial charge is 0.270 e. The number of carbonyl (C=O) groups excluding carboxylic acids is 1. The minimum Gasteiger partial charge on any atom is -0.393 e. The number of amides is 1. The molecule has 1 amide bonds. The average molecular weight is 481 g/mol. The number of aliphatic imine (C=N–C) groups is 1. The average Bonchev–Trinajstić information content (AvgIpc) is 2.93. The summed E-state index contributed by atoms with van der Waals surface area (Å²) in [6.07, 6.45) is 7.57. The van der Waals surface area contributed by atoms with E-state index in [0.29, 0.717) is 24.5 Å². The quantitative estimate of drug-likeness (QED) is 0.561. The zero-order chi connectivity index (χ0) is 24.9. The van der Waals surface area contributed by atoms with E-state index in [1.165, 1.54) is 0 Å². The van der Waals surface area contributed by atoms with Gasteiger partial charge in [-0.3, -0.25) is 19.7 Å². The summed E-state index contributed by atoms with van der Waals surface area (Å²) in [4.78, 5) is 28.5. The van der Waals surface area contributed by atoms with Gasteiger partial charge in [0.25, 0.3) is 5.91 Å². The van der Waals surface area contributed by atoms with Gasteiger partial charge in [-0.05, 0) is 59.7 Å². The largest absolute Gasteiger partial charge is 0.393 e. The van der Waals surface area contributed by atoms with Gasteiger partial charge >= 0.3 is 0 Å². The van der Waals surface area contributed by atoms with Gasteiger partial charge in [0.15, 0.2) is 0 Å². The topological polar surface area (TPSA) is 114 Å². The predicted octanol–water partition coefficient (Wildman–Crippen LogP) is 2.63. The van der Waals surface area contributed by atoms with Crippen molar-refractivity contribution in [1.82, 2.24) is 20.2 Å². The minimum absolute atomic E-state index is 0.185. The molecule has 36 heavy (non-hydrogen) atoms. The highest BCUT2D eigenvalue weighted by Gasteiger charge is 2.22. The molecule has 1 fully saturated rings. The Hall–Kier alpha value is -3.93. The van der Waals surface area contributed by atoms with Gasteiger partial charge in [0.1, 0.15) is 17.5 Å². The summed E-state index contributed by atoms with van der Waals surface area (Å²) in [6, 6.07) is 13.8. The molecule has 0 atom stereocenters. The molecule has 1 aromatic carbocycles. The number of hydrogen-bond acceptors (Lipinski definition) is 7. The third-order valence-electron chi connectivity index (χ3n) is 6.71. The number of fused-ring (bicyclic) bond motifs is 1. The summed E-state index contributed by atoms with van der Waals surface area (Å²) in [6.45, 7) is 3.47. The molecule has 0 aliphatic carbocycles. The molecule has 0 bridgehead atoms. The number of carbonyl (C=O) groups is 1. The van der Waals surface area contributed by atoms with Crippen LogP contribution < -0.4 is 5.32 Å². The monoisotopic (exact) mass is 480 g/mol. The second-order valence-electron chi connectivity index (χ2n) is 9.29. The number of hydrogen-bond donors (Lipinski definition) is 2. The highest BCUT2D eigenvalue weighted by Crippen LogP contribution is 2.26. The van der Waals surface area contributed by atoms with Crippen molar-refractivity contribution in [3.05, 3.63) is 82.9 Å². The molecule has 8 nitrogen and oxygen atoms in total. The first-order valence-corrected chi connectivity index (χ1v) is 12.2. The number of pyridine rings is 2. The summed E-state index contributed by atoms with van der Waals surface area (Å²) in [5.41, 5.74) is 6.69. The fraction of sp³-hybridized carbons (Fsp3) is 0.321. The number of nitrogens with one attached hydrogen (secondary N) is 1. The molecule has 0 radical (unpaired) electrons. The molecule has 182 valence electrons. The van der Waals surface area contributed by atoms with E-state index in [2.05, 4.69) is 43.4 Å². The van der Waals surface area contributed by atoms with Gasteiger partial charge in [-0.2, -0.15) is 5.26 Å². The van der Waals surface area contributed by atoms with Crippen LogP contribution >= 0.6 is 0 Å². The van der Waals surface area contributed by atoms with Crippen LogP contribution in [0, 0.1) is 11.3 Å². The molecule has 2 N–H and O–H groups in total. The van der Waals surface area contributed by atoms with Crippen LogP contribution in [-0.4, -0.2) is 57.3 Å². The molecule has 2 aromatic heterocycles. The molecule has 3 aromatic rings. The van der Waals surface area contributed by atoms with E-state index in [0.717, 1.165) is 72.3 Å². The standard InChI is InChI=1S/C28H28N6O2/c29-13-24-4-1-19(15-32-24)16-33-28(36)27-26-12-22(3-2-21(26)5-8-31-27)23-11-20(14-30-17-23)18-34-9-6-25(35)7-10-34/h1-4,11-12,14-15,17,25,35H,5-10,16,18H2,(H,33,36). The maximum atomic E-state index is 13.1. The maximum Gasteiger partial charge on any atom is 0.270 e. The highest BCUT2D eigenvalue weighted by atomic mass is 16.3. The van der Waals surface area contributed by atoms with Crippen molar-refractivity contribution in [2.24, 2.45) is 4.99 Å². The molecule has 0 spiro atoms. The number of piperidine rings is 1. The summed E-state index contributed by atoms with van der Waals surface area (Å²) >= 11 is 0. The zero-order valence-electron chi connectivity index (χ0n) is 20.0. The van der Waals surface area contributed by atoms with Crippen LogP contribution in [-0.2, 0) is 24.3 Å². The van der Waals surface area contributed by atoms with E-state index in [4.69, 9.17) is 5.26 Å². The van der Waals surface area contributed by atoms with Gasteiger partial charge in [0.2, 0.25) is 0 Å². The summed E-state index contributed by atoms with van der Waals surface area (Å²) in [7, 11) is 0. The van der Waals surface area contributed by atoms with Crippen LogP contribution in [0.15, 0.2) is 60.0 Å². The Labute approximate surface area is 210 Å². The normalized spacial score (nSPS) is 16.1. The van der Waals surface area contributed by atoms with Gasteiger partial charge in [-0.15, -0.1) is 0 Å². The molecule has 1 saturated heterocycles. The van der Waals surface area contributed by atoms with Crippen LogP contribution in [0.4, 0.5) is 0 Å². The van der Waals surface area contributed by atoms with Gasteiger partial charge in [0, 0.05) is 62.4 Å². The zero-order valence-corrected chi connectivity index (χ0v) is 20.0. The Morgan fingerprint density at radius 3 is 2.72 bits per heavy atom. The Bertz CT molecular complexity index is 1320. The Balaban J connectivity index is 1.31. The van der Waals surface area contributed by atoms with Gasteiger partial charge < -0.3 is 10.4 Å². The summed E-state index contributed by atoms with van der Waals surface area (Å²) in [5.74, 6) is -0.225. The predicted molar refractivity (Wildman–Crippen MR) is 136 cm³/mol. The number of aromatic nitrogens is 2. The Morgan fingerprint density at radius 2 is 1.94 bits per heavy atom. The fourth-order valence-corrected chi connectivity index (χ4v) is 4.69. The first-order valence-electron chi connectivity index (χ1n) is 12.2. The van der Waals surface area contributed by atoms with E-state index in [1.54, 1.807) is 18.3 Å². The Morgan fingerprint density at radius 1 is 1.08 bits per heavy atom. The van der Waals surface area contributed by atoms with E-state index < -0.39 is 0 Å². The van der Waals surface area contributed by atoms with Crippen molar-refractivity contribution in [2.45, 2.75) is 38.5 Å². The van der Waals surface area contributed by atoms with Crippen molar-refractivity contribution in [1.29, 1.82) is 5.26 Å². The Kier molecular flexibility index (Phi) is 7.12. The lowest BCUT2D eigenvalue weighted by atomic mass is 9.92. The lowest BCUT2D eigenvalue weighted by Gasteiger charge is -2.29. The second kappa shape index (κ2) is 10.8. The number of aliphatic hydroxyl groups excluding tert-OH is 1. The maximum absolute atomic E-state index is 13.1. The van der Waals surface area contributed by atoms with E-state index in [-0.39, 0.29) is 12.0 Å². The van der Waals surface area contributed by atoms with Crippen LogP contribution in [0.25, 0.3) is 11.1 Å². The number of nitriles is 1. The summed E-state index contributed by atoms with van der Waals surface area (Å²) < 4.78 is 0. The highest BCUT2D eigenvalue weighted by molar-refractivity contribution is 6.46. The first-order chi connectivity index (χ1) is 17.6. The minimum atomic E-state index is -0.225. The van der Waals surface area contributed by atoms with Gasteiger partial charge in [-0.25, -0.2) is 4.98 Å². The van der Waals surface area contributed by atoms with Crippen LogP contribution in [0.3, 0.4) is 0 Å². The molecule has 0 saturated carbocycles. The van der Waals surface area contributed by atoms with E-state index in [1.807, 2.05) is 24.5 Å². The second-order valence-corrected chi connectivity index (χ2v) is 9.29. The van der Waals surface area contributed by atoms with Crippen LogP contribution in [0.2, 0.25) is 0 Å². The van der Waals surface area contributed by atoms with Gasteiger partial charge in [0.05, 0.1) is 6.10 Å². The van der Waals surface area contributed by atoms with E-state index >= 15 is 0 Å². The van der Waals surface area contributed by atoms with E-state index in [9.17, 15) is 9.90 Å². The first kappa shape index (κ1) is 23.8. The van der Waals surface area contributed by atoms with Crippen molar-refractivity contribution in [2.75, 3.05) is 19.6 Å². The number of rotatable bonds is 6. The molecule has 0 unspecified atom stereocenters. The molecule has 2 aliphatic rings. The molecule has 2 aliphatic heterocycles. The third kappa shape index (κ3) is 5.48. The lowest BCUT2D eigenvalue weighted by molar-refractivity contribution is -0.114. The van der Waals surface area contributed by atoms with Crippen molar-refractivity contribution >= 4 is 11.6 Å². The lowest BCUT2D eigenvalue weighted by Crippen LogP contribution is -2.35. The van der Waals surface area contributed by atoms with Crippen LogP contribution in [0.5, 0.6) is 0 Å². The molecule has 5 rings (SSSR count).